The van der Waals surface area contributed by atoms with Gasteiger partial charge in [-0.25, -0.2) is 0 Å². The fourth-order valence-electron chi connectivity index (χ4n) is 2.73. The Morgan fingerprint density at radius 1 is 1.25 bits per heavy atom. The van der Waals surface area contributed by atoms with Crippen LogP contribution in [0.2, 0.25) is 0 Å². The van der Waals surface area contributed by atoms with Crippen LogP contribution in [0.4, 0.5) is 0 Å². The van der Waals surface area contributed by atoms with E-state index in [4.69, 9.17) is 0 Å². The largest absolute Gasteiger partial charge is 0.339 e. The molecule has 1 atom stereocenters. The van der Waals surface area contributed by atoms with Crippen molar-refractivity contribution < 1.29 is 4.79 Å². The molecule has 2 fully saturated rings. The van der Waals surface area contributed by atoms with E-state index < -0.39 is 0 Å². The number of likely N-dealkylation sites (tertiary alicyclic amines) is 1. The molecular formula is C12H23N3O. The van der Waals surface area contributed by atoms with Crippen LogP contribution in [0.15, 0.2) is 0 Å². The average Bonchev–Trinajstić information content (AvgIpc) is 2.30. The standard InChI is InChI=1S/C12H23N3O/c1-10(2)15-7-3-4-11(12(15)16)14-8-5-13-6-9-14/h10-11,13H,3-9H2,1-2H3/t11-/m0/s1. The molecule has 0 bridgehead atoms. The molecule has 0 aromatic heterocycles. The first-order valence-electron chi connectivity index (χ1n) is 6.45. The van der Waals surface area contributed by atoms with Crippen LogP contribution in [0.3, 0.4) is 0 Å². The molecule has 0 radical (unpaired) electrons. The third-order valence-corrected chi connectivity index (χ3v) is 3.66. The van der Waals surface area contributed by atoms with Gasteiger partial charge >= 0.3 is 0 Å². The molecule has 0 saturated carbocycles. The van der Waals surface area contributed by atoms with E-state index in [1.165, 1.54) is 0 Å². The lowest BCUT2D eigenvalue weighted by Crippen LogP contribution is -2.58. The first kappa shape index (κ1) is 11.9. The zero-order valence-corrected chi connectivity index (χ0v) is 10.4. The van der Waals surface area contributed by atoms with Gasteiger partial charge in [-0.2, -0.15) is 0 Å². The van der Waals surface area contributed by atoms with Crippen molar-refractivity contribution in [1.29, 1.82) is 0 Å². The first-order valence-corrected chi connectivity index (χ1v) is 6.45. The minimum atomic E-state index is 0.151. The van der Waals surface area contributed by atoms with Gasteiger partial charge in [-0.05, 0) is 26.7 Å². The first-order chi connectivity index (χ1) is 7.70. The summed E-state index contributed by atoms with van der Waals surface area (Å²) in [5.74, 6) is 0.350. The van der Waals surface area contributed by atoms with E-state index in [0.717, 1.165) is 45.6 Å². The Labute approximate surface area is 98.0 Å². The predicted molar refractivity (Wildman–Crippen MR) is 64.3 cm³/mol. The molecular weight excluding hydrogens is 202 g/mol. The minimum absolute atomic E-state index is 0.151. The Morgan fingerprint density at radius 2 is 1.94 bits per heavy atom. The summed E-state index contributed by atoms with van der Waals surface area (Å²) in [4.78, 5) is 16.7. The summed E-state index contributed by atoms with van der Waals surface area (Å²) in [6, 6.07) is 0.497. The number of nitrogens with zero attached hydrogens (tertiary/aromatic N) is 2. The van der Waals surface area contributed by atoms with Crippen molar-refractivity contribution in [1.82, 2.24) is 15.1 Å². The molecule has 0 aliphatic carbocycles. The van der Waals surface area contributed by atoms with Gasteiger partial charge in [0.1, 0.15) is 0 Å². The van der Waals surface area contributed by atoms with Crippen molar-refractivity contribution in [2.45, 2.75) is 38.8 Å². The summed E-state index contributed by atoms with van der Waals surface area (Å²) in [7, 11) is 0. The normalized spacial score (nSPS) is 28.8. The maximum absolute atomic E-state index is 12.3. The Bertz CT molecular complexity index is 249. The van der Waals surface area contributed by atoms with E-state index in [9.17, 15) is 4.79 Å². The molecule has 2 rings (SSSR count). The van der Waals surface area contributed by atoms with E-state index in [-0.39, 0.29) is 6.04 Å². The van der Waals surface area contributed by atoms with Crippen LogP contribution in [-0.2, 0) is 4.79 Å². The van der Waals surface area contributed by atoms with Crippen molar-refractivity contribution in [3.8, 4) is 0 Å². The lowest BCUT2D eigenvalue weighted by molar-refractivity contribution is -0.142. The number of hydrogen-bond donors (Lipinski definition) is 1. The number of piperazine rings is 1. The van der Waals surface area contributed by atoms with E-state index in [1.54, 1.807) is 0 Å². The molecule has 0 unspecified atom stereocenters. The fraction of sp³-hybridized carbons (Fsp3) is 0.917. The molecule has 1 N–H and O–H groups in total. The molecule has 0 aromatic carbocycles. The zero-order chi connectivity index (χ0) is 11.5. The van der Waals surface area contributed by atoms with Crippen LogP contribution in [0.25, 0.3) is 0 Å². The lowest BCUT2D eigenvalue weighted by atomic mass is 10.0. The summed E-state index contributed by atoms with van der Waals surface area (Å²) in [6.45, 7) is 9.23. The molecule has 2 aliphatic rings. The van der Waals surface area contributed by atoms with Gasteiger partial charge in [-0.15, -0.1) is 0 Å². The fourth-order valence-corrected chi connectivity index (χ4v) is 2.73. The van der Waals surface area contributed by atoms with E-state index in [2.05, 4.69) is 24.1 Å². The Balaban J connectivity index is 2.00. The van der Waals surface area contributed by atoms with Crippen molar-refractivity contribution in [2.75, 3.05) is 32.7 Å². The van der Waals surface area contributed by atoms with Gasteiger partial charge in [0.2, 0.25) is 5.91 Å². The Morgan fingerprint density at radius 3 is 2.56 bits per heavy atom. The van der Waals surface area contributed by atoms with Crippen molar-refractivity contribution >= 4 is 5.91 Å². The SMILES string of the molecule is CC(C)N1CCC[C@H](N2CCNCC2)C1=O. The minimum Gasteiger partial charge on any atom is -0.339 e. The monoisotopic (exact) mass is 225 g/mol. The number of carbonyl (C=O) groups excluding carboxylic acids is 1. The number of amides is 1. The maximum atomic E-state index is 12.3. The zero-order valence-electron chi connectivity index (χ0n) is 10.4. The number of rotatable bonds is 2. The Hall–Kier alpha value is -0.610. The summed E-state index contributed by atoms with van der Waals surface area (Å²) in [6.07, 6.45) is 2.20. The molecule has 2 heterocycles. The van der Waals surface area contributed by atoms with Gasteiger partial charge in [0, 0.05) is 38.8 Å². The van der Waals surface area contributed by atoms with Crippen molar-refractivity contribution in [3.63, 3.8) is 0 Å². The van der Waals surface area contributed by atoms with Crippen LogP contribution < -0.4 is 5.32 Å². The van der Waals surface area contributed by atoms with Crippen LogP contribution in [0, 0.1) is 0 Å². The van der Waals surface area contributed by atoms with Gasteiger partial charge < -0.3 is 10.2 Å². The van der Waals surface area contributed by atoms with Gasteiger partial charge in [0.05, 0.1) is 6.04 Å². The van der Waals surface area contributed by atoms with Gasteiger partial charge in [0.25, 0.3) is 0 Å². The third kappa shape index (κ3) is 2.38. The summed E-state index contributed by atoms with van der Waals surface area (Å²) >= 11 is 0. The quantitative estimate of drug-likeness (QED) is 0.734. The van der Waals surface area contributed by atoms with Crippen molar-refractivity contribution in [3.05, 3.63) is 0 Å². The molecule has 1 amide bonds. The van der Waals surface area contributed by atoms with Crippen LogP contribution in [-0.4, -0.2) is 60.5 Å². The van der Waals surface area contributed by atoms with E-state index >= 15 is 0 Å². The summed E-state index contributed by atoms with van der Waals surface area (Å²) in [5, 5.41) is 3.34. The van der Waals surface area contributed by atoms with Gasteiger partial charge in [0.15, 0.2) is 0 Å². The average molecular weight is 225 g/mol. The highest BCUT2D eigenvalue weighted by molar-refractivity contribution is 5.82. The highest BCUT2D eigenvalue weighted by Gasteiger charge is 2.34. The van der Waals surface area contributed by atoms with Crippen LogP contribution in [0.5, 0.6) is 0 Å². The number of carbonyl (C=O) groups is 1. The highest BCUT2D eigenvalue weighted by Crippen LogP contribution is 2.19. The van der Waals surface area contributed by atoms with Crippen LogP contribution in [0.1, 0.15) is 26.7 Å². The molecule has 2 aliphatic heterocycles. The second-order valence-corrected chi connectivity index (χ2v) is 5.07. The summed E-state index contributed by atoms with van der Waals surface area (Å²) in [5.41, 5.74) is 0. The summed E-state index contributed by atoms with van der Waals surface area (Å²) < 4.78 is 0. The second kappa shape index (κ2) is 5.15. The second-order valence-electron chi connectivity index (χ2n) is 5.07. The smallest absolute Gasteiger partial charge is 0.240 e. The van der Waals surface area contributed by atoms with E-state index in [0.29, 0.717) is 11.9 Å². The van der Waals surface area contributed by atoms with Gasteiger partial charge in [-0.3, -0.25) is 9.69 Å². The maximum Gasteiger partial charge on any atom is 0.240 e. The molecule has 0 spiro atoms. The van der Waals surface area contributed by atoms with Crippen LogP contribution >= 0.6 is 0 Å². The number of nitrogens with one attached hydrogen (secondary N) is 1. The molecule has 16 heavy (non-hydrogen) atoms. The molecule has 4 nitrogen and oxygen atoms in total. The Kier molecular flexibility index (Phi) is 3.82. The highest BCUT2D eigenvalue weighted by atomic mass is 16.2. The molecule has 0 aromatic rings. The van der Waals surface area contributed by atoms with Crippen molar-refractivity contribution in [2.24, 2.45) is 0 Å². The topological polar surface area (TPSA) is 35.6 Å². The predicted octanol–water partition coefficient (Wildman–Crippen LogP) is 0.291. The molecule has 4 heteroatoms. The third-order valence-electron chi connectivity index (χ3n) is 3.66. The van der Waals surface area contributed by atoms with E-state index in [1.807, 2.05) is 4.90 Å². The number of hydrogen-bond acceptors (Lipinski definition) is 3. The van der Waals surface area contributed by atoms with Gasteiger partial charge in [-0.1, -0.05) is 0 Å². The number of piperidine rings is 1. The molecule has 92 valence electrons. The molecule has 2 saturated heterocycles. The lowest BCUT2D eigenvalue weighted by Gasteiger charge is -2.41.